The summed E-state index contributed by atoms with van der Waals surface area (Å²) in [5, 5.41) is 17.3. The number of carboxylic acid groups (broad SMARTS) is 1. The Morgan fingerprint density at radius 1 is 1.08 bits per heavy atom. The molecule has 0 spiro atoms. The lowest BCUT2D eigenvalue weighted by atomic mass is 9.78. The zero-order valence-electron chi connectivity index (χ0n) is 19.6. The SMILES string of the molecule is C[C@@H](OC(=O)Nc1ccsc1-c1ccc(NC(=O)C2CCCCC2C(=O)O)cn1)c1ccccc1Cl. The highest BCUT2D eigenvalue weighted by Crippen LogP contribution is 2.34. The first-order valence-corrected chi connectivity index (χ1v) is 12.9. The molecule has 1 fully saturated rings. The number of thiophene rings is 1. The number of hydrogen-bond acceptors (Lipinski definition) is 6. The standard InChI is InChI=1S/C26H26ClN3O5S/c1-15(17-6-4-5-9-20(17)27)35-26(34)30-22-12-13-36-23(22)21-11-10-16(14-28-21)29-24(31)18-7-2-3-8-19(18)25(32)33/h4-6,9-15,18-19H,2-3,7-8H2,1H3,(H,29,31)(H,30,34)(H,32,33)/t15-,18?,19?/m1/s1. The van der Waals surface area contributed by atoms with Crippen molar-refractivity contribution in [3.8, 4) is 10.6 Å². The molecule has 0 saturated heterocycles. The van der Waals surface area contributed by atoms with Crippen LogP contribution in [-0.4, -0.2) is 28.1 Å². The van der Waals surface area contributed by atoms with Gasteiger partial charge in [-0.25, -0.2) is 4.79 Å². The number of carboxylic acids is 1. The fourth-order valence-corrected chi connectivity index (χ4v) is 5.47. The van der Waals surface area contributed by atoms with Crippen LogP contribution in [0.25, 0.3) is 10.6 Å². The van der Waals surface area contributed by atoms with Crippen LogP contribution < -0.4 is 10.6 Å². The van der Waals surface area contributed by atoms with Gasteiger partial charge in [-0.15, -0.1) is 11.3 Å². The van der Waals surface area contributed by atoms with E-state index < -0.39 is 30.0 Å². The van der Waals surface area contributed by atoms with Gasteiger partial charge in [0.15, 0.2) is 0 Å². The van der Waals surface area contributed by atoms with Crippen molar-refractivity contribution in [3.05, 3.63) is 64.6 Å². The predicted octanol–water partition coefficient (Wildman–Crippen LogP) is 6.60. The number of nitrogens with zero attached hydrogens (tertiary/aromatic N) is 1. The molecular formula is C26H26ClN3O5S. The van der Waals surface area contributed by atoms with Crippen molar-refractivity contribution in [2.75, 3.05) is 10.6 Å². The van der Waals surface area contributed by atoms with Gasteiger partial charge in [0, 0.05) is 10.6 Å². The topological polar surface area (TPSA) is 118 Å². The minimum atomic E-state index is -0.930. The maximum Gasteiger partial charge on any atom is 0.412 e. The monoisotopic (exact) mass is 527 g/mol. The van der Waals surface area contributed by atoms with Gasteiger partial charge >= 0.3 is 12.1 Å². The molecule has 0 radical (unpaired) electrons. The predicted molar refractivity (Wildman–Crippen MR) is 139 cm³/mol. The first-order chi connectivity index (χ1) is 17.3. The van der Waals surface area contributed by atoms with Gasteiger partial charge in [-0.05, 0) is 49.4 Å². The highest BCUT2D eigenvalue weighted by atomic mass is 35.5. The fourth-order valence-electron chi connectivity index (χ4n) is 4.35. The number of ether oxygens (including phenoxy) is 1. The van der Waals surface area contributed by atoms with Crippen LogP contribution in [0.1, 0.15) is 44.3 Å². The Morgan fingerprint density at radius 3 is 2.53 bits per heavy atom. The van der Waals surface area contributed by atoms with Crippen LogP contribution in [0.5, 0.6) is 0 Å². The molecule has 1 aliphatic carbocycles. The number of carbonyl (C=O) groups is 3. The maximum atomic E-state index is 12.7. The number of benzene rings is 1. The average molecular weight is 528 g/mol. The Labute approximate surface area is 217 Å². The molecule has 188 valence electrons. The van der Waals surface area contributed by atoms with Crippen LogP contribution >= 0.6 is 22.9 Å². The van der Waals surface area contributed by atoms with Gasteiger partial charge < -0.3 is 15.2 Å². The number of pyridine rings is 1. The van der Waals surface area contributed by atoms with Gasteiger partial charge in [-0.1, -0.05) is 42.6 Å². The molecule has 8 nitrogen and oxygen atoms in total. The van der Waals surface area contributed by atoms with Gasteiger partial charge in [-0.3, -0.25) is 19.9 Å². The summed E-state index contributed by atoms with van der Waals surface area (Å²) < 4.78 is 5.49. The van der Waals surface area contributed by atoms with Crippen LogP contribution in [0.4, 0.5) is 16.2 Å². The number of anilines is 2. The van der Waals surface area contributed by atoms with Crippen LogP contribution in [-0.2, 0) is 14.3 Å². The van der Waals surface area contributed by atoms with Gasteiger partial charge in [0.25, 0.3) is 0 Å². The molecule has 1 aliphatic rings. The minimum Gasteiger partial charge on any atom is -0.481 e. The lowest BCUT2D eigenvalue weighted by Gasteiger charge is -2.27. The third-order valence-corrected chi connectivity index (χ3v) is 7.49. The first-order valence-electron chi connectivity index (χ1n) is 11.6. The third kappa shape index (κ3) is 6.03. The van der Waals surface area contributed by atoms with E-state index >= 15 is 0 Å². The van der Waals surface area contributed by atoms with E-state index in [0.29, 0.717) is 40.5 Å². The molecule has 2 unspecified atom stereocenters. The van der Waals surface area contributed by atoms with Crippen molar-refractivity contribution in [1.29, 1.82) is 0 Å². The lowest BCUT2D eigenvalue weighted by molar-refractivity contribution is -0.147. The number of aliphatic carboxylic acids is 1. The van der Waals surface area contributed by atoms with Crippen molar-refractivity contribution < 1.29 is 24.2 Å². The summed E-state index contributed by atoms with van der Waals surface area (Å²) in [6.07, 6.45) is 3.10. The Balaban J connectivity index is 1.39. The Kier molecular flexibility index (Phi) is 8.22. The Bertz CT molecular complexity index is 1250. The van der Waals surface area contributed by atoms with E-state index in [1.54, 1.807) is 37.3 Å². The molecule has 10 heteroatoms. The lowest BCUT2D eigenvalue weighted by Crippen LogP contribution is -2.36. The number of halogens is 1. The largest absolute Gasteiger partial charge is 0.481 e. The Hall–Kier alpha value is -3.43. The fraction of sp³-hybridized carbons (Fsp3) is 0.308. The molecule has 0 aliphatic heterocycles. The van der Waals surface area contributed by atoms with E-state index in [-0.39, 0.29) is 5.91 Å². The number of hydrogen-bond donors (Lipinski definition) is 3. The van der Waals surface area contributed by atoms with Gasteiger partial charge in [0.05, 0.1) is 40.0 Å². The highest BCUT2D eigenvalue weighted by molar-refractivity contribution is 7.14. The molecule has 2 heterocycles. The second-order valence-corrected chi connectivity index (χ2v) is 9.94. The maximum absolute atomic E-state index is 12.7. The highest BCUT2D eigenvalue weighted by Gasteiger charge is 2.35. The smallest absolute Gasteiger partial charge is 0.412 e. The number of amides is 2. The van der Waals surface area contributed by atoms with Crippen LogP contribution in [0.3, 0.4) is 0 Å². The summed E-state index contributed by atoms with van der Waals surface area (Å²) in [5.74, 6) is -2.44. The van der Waals surface area contributed by atoms with Crippen molar-refractivity contribution in [2.45, 2.75) is 38.7 Å². The molecule has 1 saturated carbocycles. The van der Waals surface area contributed by atoms with E-state index in [2.05, 4.69) is 15.6 Å². The van der Waals surface area contributed by atoms with E-state index in [4.69, 9.17) is 16.3 Å². The van der Waals surface area contributed by atoms with Gasteiger partial charge in [-0.2, -0.15) is 0 Å². The van der Waals surface area contributed by atoms with Crippen molar-refractivity contribution in [3.63, 3.8) is 0 Å². The van der Waals surface area contributed by atoms with Crippen molar-refractivity contribution in [2.24, 2.45) is 11.8 Å². The summed E-state index contributed by atoms with van der Waals surface area (Å²) in [5.41, 5.74) is 2.35. The average Bonchev–Trinajstić information content (AvgIpc) is 3.32. The van der Waals surface area contributed by atoms with E-state index in [1.165, 1.54) is 17.5 Å². The molecule has 3 atom stereocenters. The molecule has 3 aromatic rings. The summed E-state index contributed by atoms with van der Waals surface area (Å²) in [6.45, 7) is 1.75. The van der Waals surface area contributed by atoms with Gasteiger partial charge in [0.2, 0.25) is 5.91 Å². The summed E-state index contributed by atoms with van der Waals surface area (Å²) in [7, 11) is 0. The zero-order chi connectivity index (χ0) is 25.7. The van der Waals surface area contributed by atoms with E-state index in [0.717, 1.165) is 17.7 Å². The molecule has 4 rings (SSSR count). The van der Waals surface area contributed by atoms with Crippen LogP contribution in [0, 0.1) is 11.8 Å². The summed E-state index contributed by atoms with van der Waals surface area (Å²) in [4.78, 5) is 41.9. The summed E-state index contributed by atoms with van der Waals surface area (Å²) in [6, 6.07) is 12.4. The Morgan fingerprint density at radius 2 is 1.83 bits per heavy atom. The second-order valence-electron chi connectivity index (χ2n) is 8.61. The zero-order valence-corrected chi connectivity index (χ0v) is 21.1. The molecule has 3 N–H and O–H groups in total. The molecular weight excluding hydrogens is 502 g/mol. The number of nitrogens with one attached hydrogen (secondary N) is 2. The quantitative estimate of drug-likeness (QED) is 0.318. The first kappa shape index (κ1) is 25.7. The molecule has 36 heavy (non-hydrogen) atoms. The minimum absolute atomic E-state index is 0.300. The van der Waals surface area contributed by atoms with Crippen molar-refractivity contribution in [1.82, 2.24) is 4.98 Å². The molecule has 0 bridgehead atoms. The summed E-state index contributed by atoms with van der Waals surface area (Å²) >= 11 is 7.59. The molecule has 1 aromatic carbocycles. The third-order valence-electron chi connectivity index (χ3n) is 6.21. The van der Waals surface area contributed by atoms with Crippen molar-refractivity contribution >= 4 is 52.3 Å². The molecule has 2 aromatic heterocycles. The van der Waals surface area contributed by atoms with Gasteiger partial charge in [0.1, 0.15) is 6.10 Å². The van der Waals surface area contributed by atoms with Crippen LogP contribution in [0.15, 0.2) is 54.0 Å². The van der Waals surface area contributed by atoms with Crippen LogP contribution in [0.2, 0.25) is 5.02 Å². The second kappa shape index (κ2) is 11.5. The van der Waals surface area contributed by atoms with E-state index in [1.807, 2.05) is 17.5 Å². The number of rotatable bonds is 7. The number of carbonyl (C=O) groups excluding carboxylic acids is 2. The number of aromatic nitrogens is 1. The van der Waals surface area contributed by atoms with E-state index in [9.17, 15) is 19.5 Å². The normalized spacial score (nSPS) is 18.2. The molecule has 2 amide bonds.